The highest BCUT2D eigenvalue weighted by Crippen LogP contribution is 2.11. The predicted octanol–water partition coefficient (Wildman–Crippen LogP) is 1.21. The van der Waals surface area contributed by atoms with Crippen LogP contribution in [0.4, 0.5) is 4.39 Å². The second kappa shape index (κ2) is 7.14. The van der Waals surface area contributed by atoms with Crippen LogP contribution in [0.3, 0.4) is 0 Å². The minimum Gasteiger partial charge on any atom is -0.394 e. The van der Waals surface area contributed by atoms with Crippen LogP contribution in [-0.2, 0) is 4.74 Å². The van der Waals surface area contributed by atoms with E-state index in [1.54, 1.807) is 0 Å². The SMILES string of the molecule is C[C@@H]1CN(CCCCCF)C[C@@H](CO)O1. The van der Waals surface area contributed by atoms with Crippen LogP contribution in [0.15, 0.2) is 0 Å². The molecule has 0 unspecified atom stereocenters. The van der Waals surface area contributed by atoms with Gasteiger partial charge in [0.25, 0.3) is 0 Å². The summed E-state index contributed by atoms with van der Waals surface area (Å²) in [4.78, 5) is 2.30. The summed E-state index contributed by atoms with van der Waals surface area (Å²) in [6.07, 6.45) is 2.80. The first-order valence-electron chi connectivity index (χ1n) is 5.81. The number of alkyl halides is 1. The molecule has 4 heteroatoms. The molecule has 0 aromatic carbocycles. The number of hydrogen-bond acceptors (Lipinski definition) is 3. The van der Waals surface area contributed by atoms with E-state index in [0.29, 0.717) is 6.42 Å². The number of hydrogen-bond donors (Lipinski definition) is 1. The molecule has 0 saturated carbocycles. The van der Waals surface area contributed by atoms with Gasteiger partial charge in [0.1, 0.15) is 0 Å². The van der Waals surface area contributed by atoms with Crippen molar-refractivity contribution in [1.82, 2.24) is 4.90 Å². The molecular weight excluding hydrogens is 197 g/mol. The van der Waals surface area contributed by atoms with E-state index >= 15 is 0 Å². The Bertz CT molecular complexity index is 169. The molecule has 1 aliphatic rings. The molecule has 0 amide bonds. The number of morpholine rings is 1. The van der Waals surface area contributed by atoms with E-state index in [4.69, 9.17) is 9.84 Å². The summed E-state index contributed by atoms with van der Waals surface area (Å²) in [6.45, 7) is 4.62. The number of halogens is 1. The minimum absolute atomic E-state index is 0.0464. The van der Waals surface area contributed by atoms with Gasteiger partial charge in [-0.25, -0.2) is 0 Å². The fourth-order valence-corrected chi connectivity index (χ4v) is 2.03. The molecular formula is C11H22FNO2. The third kappa shape index (κ3) is 4.91. The van der Waals surface area contributed by atoms with Crippen molar-refractivity contribution in [2.24, 2.45) is 0 Å². The van der Waals surface area contributed by atoms with Gasteiger partial charge in [-0.2, -0.15) is 0 Å². The maximum atomic E-state index is 11.9. The van der Waals surface area contributed by atoms with Crippen LogP contribution in [0.25, 0.3) is 0 Å². The average Bonchev–Trinajstić information content (AvgIpc) is 2.23. The third-order valence-electron chi connectivity index (χ3n) is 2.71. The molecule has 0 spiro atoms. The number of aliphatic hydroxyl groups is 1. The van der Waals surface area contributed by atoms with Gasteiger partial charge in [-0.3, -0.25) is 9.29 Å². The fraction of sp³-hybridized carbons (Fsp3) is 1.00. The zero-order chi connectivity index (χ0) is 11.1. The van der Waals surface area contributed by atoms with Crippen molar-refractivity contribution in [1.29, 1.82) is 0 Å². The number of nitrogens with zero attached hydrogens (tertiary/aromatic N) is 1. The third-order valence-corrected chi connectivity index (χ3v) is 2.71. The van der Waals surface area contributed by atoms with Crippen LogP contribution in [0.5, 0.6) is 0 Å². The maximum Gasteiger partial charge on any atom is 0.0936 e. The lowest BCUT2D eigenvalue weighted by atomic mass is 10.2. The summed E-state index contributed by atoms with van der Waals surface area (Å²) < 4.78 is 17.4. The van der Waals surface area contributed by atoms with Gasteiger partial charge >= 0.3 is 0 Å². The zero-order valence-corrected chi connectivity index (χ0v) is 9.49. The van der Waals surface area contributed by atoms with Gasteiger partial charge in [0.05, 0.1) is 25.5 Å². The van der Waals surface area contributed by atoms with Crippen molar-refractivity contribution in [3.05, 3.63) is 0 Å². The first kappa shape index (κ1) is 12.9. The predicted molar refractivity (Wildman–Crippen MR) is 57.7 cm³/mol. The topological polar surface area (TPSA) is 32.7 Å². The standard InChI is InChI=1S/C11H22FNO2/c1-10-7-13(6-4-2-3-5-12)8-11(9-14)15-10/h10-11,14H,2-9H2,1H3/t10-,11+/m1/s1. The Morgan fingerprint density at radius 2 is 2.13 bits per heavy atom. The molecule has 1 fully saturated rings. The zero-order valence-electron chi connectivity index (χ0n) is 9.49. The second-order valence-corrected chi connectivity index (χ2v) is 4.26. The Morgan fingerprint density at radius 3 is 2.80 bits per heavy atom. The van der Waals surface area contributed by atoms with E-state index < -0.39 is 0 Å². The van der Waals surface area contributed by atoms with Crippen LogP contribution in [0.1, 0.15) is 26.2 Å². The van der Waals surface area contributed by atoms with Gasteiger partial charge in [-0.1, -0.05) is 0 Å². The monoisotopic (exact) mass is 219 g/mol. The van der Waals surface area contributed by atoms with Crippen molar-refractivity contribution >= 4 is 0 Å². The molecule has 1 aliphatic heterocycles. The van der Waals surface area contributed by atoms with Gasteiger partial charge in [0, 0.05) is 13.1 Å². The second-order valence-electron chi connectivity index (χ2n) is 4.26. The molecule has 2 atom stereocenters. The average molecular weight is 219 g/mol. The van der Waals surface area contributed by atoms with E-state index in [2.05, 4.69) is 4.90 Å². The molecule has 1 saturated heterocycles. The van der Waals surface area contributed by atoms with Gasteiger partial charge in [0.15, 0.2) is 0 Å². The van der Waals surface area contributed by atoms with E-state index in [0.717, 1.165) is 32.5 Å². The van der Waals surface area contributed by atoms with Gasteiger partial charge < -0.3 is 9.84 Å². The van der Waals surface area contributed by atoms with E-state index in [-0.39, 0.29) is 25.5 Å². The lowest BCUT2D eigenvalue weighted by Crippen LogP contribution is -2.48. The van der Waals surface area contributed by atoms with Crippen molar-refractivity contribution < 1.29 is 14.2 Å². The van der Waals surface area contributed by atoms with Crippen molar-refractivity contribution in [3.8, 4) is 0 Å². The Labute approximate surface area is 91.2 Å². The van der Waals surface area contributed by atoms with Crippen LogP contribution >= 0.6 is 0 Å². The minimum atomic E-state index is -0.210. The van der Waals surface area contributed by atoms with E-state index in [1.165, 1.54) is 0 Å². The maximum absolute atomic E-state index is 11.9. The molecule has 1 N–H and O–H groups in total. The van der Waals surface area contributed by atoms with E-state index in [9.17, 15) is 4.39 Å². The molecule has 0 aromatic heterocycles. The highest BCUT2D eigenvalue weighted by molar-refractivity contribution is 4.75. The summed E-state index contributed by atoms with van der Waals surface area (Å²) in [5, 5.41) is 9.03. The highest BCUT2D eigenvalue weighted by atomic mass is 19.1. The molecule has 0 aliphatic carbocycles. The number of ether oxygens (including phenoxy) is 1. The van der Waals surface area contributed by atoms with Gasteiger partial charge in [0.2, 0.25) is 0 Å². The summed E-state index contributed by atoms with van der Waals surface area (Å²) in [5.41, 5.74) is 0. The smallest absolute Gasteiger partial charge is 0.0936 e. The summed E-state index contributed by atoms with van der Waals surface area (Å²) in [7, 11) is 0. The molecule has 90 valence electrons. The van der Waals surface area contributed by atoms with Gasteiger partial charge in [-0.15, -0.1) is 0 Å². The quantitative estimate of drug-likeness (QED) is 0.682. The normalized spacial score (nSPS) is 28.2. The van der Waals surface area contributed by atoms with Crippen molar-refractivity contribution in [3.63, 3.8) is 0 Å². The van der Waals surface area contributed by atoms with Crippen LogP contribution < -0.4 is 0 Å². The Kier molecular flexibility index (Phi) is 6.13. The number of unbranched alkanes of at least 4 members (excludes halogenated alkanes) is 2. The fourth-order valence-electron chi connectivity index (χ4n) is 2.03. The first-order chi connectivity index (χ1) is 7.26. The lowest BCUT2D eigenvalue weighted by Gasteiger charge is -2.36. The number of aliphatic hydroxyl groups excluding tert-OH is 1. The Balaban J connectivity index is 2.16. The molecule has 3 nitrogen and oxygen atoms in total. The molecule has 1 rings (SSSR count). The first-order valence-corrected chi connectivity index (χ1v) is 5.81. The molecule has 0 bridgehead atoms. The largest absolute Gasteiger partial charge is 0.394 e. The molecule has 0 radical (unpaired) electrons. The van der Waals surface area contributed by atoms with Crippen LogP contribution in [-0.4, -0.2) is 55.1 Å². The number of rotatable bonds is 6. The van der Waals surface area contributed by atoms with E-state index in [1.807, 2.05) is 6.92 Å². The Hall–Kier alpha value is -0.190. The van der Waals surface area contributed by atoms with Crippen LogP contribution in [0.2, 0.25) is 0 Å². The lowest BCUT2D eigenvalue weighted by molar-refractivity contribution is -0.0952. The summed E-state index contributed by atoms with van der Waals surface area (Å²) >= 11 is 0. The highest BCUT2D eigenvalue weighted by Gasteiger charge is 2.23. The van der Waals surface area contributed by atoms with Crippen molar-refractivity contribution in [2.75, 3.05) is 32.9 Å². The summed E-state index contributed by atoms with van der Waals surface area (Å²) in [5.74, 6) is 0. The summed E-state index contributed by atoms with van der Waals surface area (Å²) in [6, 6.07) is 0. The van der Waals surface area contributed by atoms with Crippen LogP contribution in [0, 0.1) is 0 Å². The van der Waals surface area contributed by atoms with Crippen molar-refractivity contribution in [2.45, 2.75) is 38.4 Å². The van der Waals surface area contributed by atoms with Gasteiger partial charge in [-0.05, 0) is 32.7 Å². The molecule has 0 aromatic rings. The molecule has 15 heavy (non-hydrogen) atoms. The Morgan fingerprint density at radius 1 is 1.33 bits per heavy atom. The molecule has 1 heterocycles.